The maximum Gasteiger partial charge on any atom is 0.338 e. The van der Waals surface area contributed by atoms with Gasteiger partial charge in [-0.05, 0) is 36.1 Å². The van der Waals surface area contributed by atoms with Gasteiger partial charge in [-0.25, -0.2) is 4.79 Å². The number of hydrogen-bond donors (Lipinski definition) is 0. The van der Waals surface area contributed by atoms with Crippen LogP contribution >= 0.6 is 0 Å². The van der Waals surface area contributed by atoms with Crippen LogP contribution < -0.4 is 0 Å². The number of ether oxygens (including phenoxy) is 1. The van der Waals surface area contributed by atoms with Crippen LogP contribution in [0.3, 0.4) is 0 Å². The normalized spacial score (nSPS) is 10.4. The zero-order valence-electron chi connectivity index (χ0n) is 13.7. The number of hydrogen-bond acceptors (Lipinski definition) is 2. The second-order valence-corrected chi connectivity index (χ2v) is 5.88. The molecule has 0 unspecified atom stereocenters. The monoisotopic (exact) mass is 316 g/mol. The van der Waals surface area contributed by atoms with Gasteiger partial charge in [0.2, 0.25) is 0 Å². The fourth-order valence-corrected chi connectivity index (χ4v) is 2.68. The predicted molar refractivity (Wildman–Crippen MR) is 96.0 cm³/mol. The van der Waals surface area contributed by atoms with Crippen molar-refractivity contribution in [2.75, 3.05) is 0 Å². The van der Waals surface area contributed by atoms with E-state index in [1.165, 1.54) is 5.56 Å². The quantitative estimate of drug-likeness (QED) is 0.623. The zero-order chi connectivity index (χ0) is 16.8. The molecule has 0 aliphatic heterocycles. The van der Waals surface area contributed by atoms with E-state index in [0.29, 0.717) is 12.2 Å². The molecule has 0 atom stereocenters. The Bertz CT molecular complexity index is 808. The number of rotatable bonds is 5. The summed E-state index contributed by atoms with van der Waals surface area (Å²) in [6, 6.07) is 25.8. The second-order valence-electron chi connectivity index (χ2n) is 5.88. The van der Waals surface area contributed by atoms with Gasteiger partial charge in [0, 0.05) is 0 Å². The van der Waals surface area contributed by atoms with E-state index in [-0.39, 0.29) is 5.97 Å². The van der Waals surface area contributed by atoms with Crippen LogP contribution in [0.15, 0.2) is 78.9 Å². The summed E-state index contributed by atoms with van der Waals surface area (Å²) in [5, 5.41) is 0. The Kier molecular flexibility index (Phi) is 5.07. The van der Waals surface area contributed by atoms with Gasteiger partial charge in [0.15, 0.2) is 0 Å². The molecule has 2 heteroatoms. The zero-order valence-corrected chi connectivity index (χ0v) is 13.7. The minimum absolute atomic E-state index is 0.273. The van der Waals surface area contributed by atoms with E-state index in [1.807, 2.05) is 67.6 Å². The van der Waals surface area contributed by atoms with E-state index in [2.05, 4.69) is 18.2 Å². The van der Waals surface area contributed by atoms with Gasteiger partial charge >= 0.3 is 5.97 Å². The first-order valence-corrected chi connectivity index (χ1v) is 8.07. The summed E-state index contributed by atoms with van der Waals surface area (Å²) in [6.45, 7) is 2.33. The van der Waals surface area contributed by atoms with Crippen molar-refractivity contribution >= 4 is 5.97 Å². The minimum Gasteiger partial charge on any atom is -0.457 e. The molecule has 0 bridgehead atoms. The van der Waals surface area contributed by atoms with Gasteiger partial charge in [-0.2, -0.15) is 0 Å². The summed E-state index contributed by atoms with van der Waals surface area (Å²) >= 11 is 0. The first kappa shape index (κ1) is 16.0. The first-order chi connectivity index (χ1) is 11.7. The van der Waals surface area contributed by atoms with Gasteiger partial charge in [-0.3, -0.25) is 0 Å². The molecule has 3 aromatic rings. The Morgan fingerprint density at radius 3 is 2.12 bits per heavy atom. The van der Waals surface area contributed by atoms with Crippen LogP contribution in [0.1, 0.15) is 32.6 Å². The number of carbonyl (C=O) groups is 1. The highest BCUT2D eigenvalue weighted by atomic mass is 16.5. The van der Waals surface area contributed by atoms with Crippen molar-refractivity contribution < 1.29 is 9.53 Å². The smallest absolute Gasteiger partial charge is 0.338 e. The van der Waals surface area contributed by atoms with Gasteiger partial charge in [0.1, 0.15) is 6.61 Å². The minimum atomic E-state index is -0.273. The van der Waals surface area contributed by atoms with Gasteiger partial charge in [0.05, 0.1) is 5.56 Å². The van der Waals surface area contributed by atoms with Crippen molar-refractivity contribution in [3.05, 3.63) is 107 Å². The maximum absolute atomic E-state index is 12.5. The van der Waals surface area contributed by atoms with Crippen molar-refractivity contribution in [2.45, 2.75) is 20.0 Å². The van der Waals surface area contributed by atoms with Crippen LogP contribution in [0, 0.1) is 6.92 Å². The molecule has 120 valence electrons. The molecule has 0 saturated carbocycles. The summed E-state index contributed by atoms with van der Waals surface area (Å²) < 4.78 is 5.49. The molecular weight excluding hydrogens is 296 g/mol. The SMILES string of the molecule is Cc1ccc(C(=O)OCc2ccccc2)c(Cc2ccccc2)c1. The van der Waals surface area contributed by atoms with Gasteiger partial charge in [-0.1, -0.05) is 78.4 Å². The third-order valence-electron chi connectivity index (χ3n) is 3.93. The number of carbonyl (C=O) groups excluding carboxylic acids is 1. The molecule has 0 aliphatic carbocycles. The van der Waals surface area contributed by atoms with Crippen LogP contribution in [0.2, 0.25) is 0 Å². The lowest BCUT2D eigenvalue weighted by Crippen LogP contribution is -2.09. The predicted octanol–water partition coefficient (Wildman–Crippen LogP) is 4.94. The fourth-order valence-electron chi connectivity index (χ4n) is 2.68. The Morgan fingerprint density at radius 1 is 0.833 bits per heavy atom. The Hall–Kier alpha value is -2.87. The summed E-state index contributed by atoms with van der Waals surface area (Å²) in [6.07, 6.45) is 0.721. The highest BCUT2D eigenvalue weighted by Crippen LogP contribution is 2.18. The van der Waals surface area contributed by atoms with Gasteiger partial charge in [0.25, 0.3) is 0 Å². The molecule has 0 fully saturated rings. The topological polar surface area (TPSA) is 26.3 Å². The molecule has 0 aliphatic rings. The van der Waals surface area contributed by atoms with Crippen molar-refractivity contribution in [3.63, 3.8) is 0 Å². The summed E-state index contributed by atoms with van der Waals surface area (Å²) in [5.74, 6) is -0.273. The molecule has 2 nitrogen and oxygen atoms in total. The van der Waals surface area contributed by atoms with Crippen LogP contribution in [-0.4, -0.2) is 5.97 Å². The summed E-state index contributed by atoms with van der Waals surface area (Å²) in [5.41, 5.74) is 4.95. The largest absolute Gasteiger partial charge is 0.457 e. The lowest BCUT2D eigenvalue weighted by molar-refractivity contribution is 0.0471. The third-order valence-corrected chi connectivity index (χ3v) is 3.93. The molecule has 3 rings (SSSR count). The van der Waals surface area contributed by atoms with Crippen molar-refractivity contribution in [3.8, 4) is 0 Å². The lowest BCUT2D eigenvalue weighted by atomic mass is 9.98. The molecule has 0 spiro atoms. The standard InChI is InChI=1S/C22H20O2/c1-17-12-13-21(20(14-17)15-18-8-4-2-5-9-18)22(23)24-16-19-10-6-3-7-11-19/h2-14H,15-16H2,1H3. The van der Waals surface area contributed by atoms with E-state index in [9.17, 15) is 4.79 Å². The van der Waals surface area contributed by atoms with Crippen LogP contribution in [0.5, 0.6) is 0 Å². The van der Waals surface area contributed by atoms with Crippen LogP contribution in [0.4, 0.5) is 0 Å². The number of benzene rings is 3. The second kappa shape index (κ2) is 7.60. The highest BCUT2D eigenvalue weighted by molar-refractivity contribution is 5.91. The molecule has 0 aromatic heterocycles. The third kappa shape index (κ3) is 4.11. The van der Waals surface area contributed by atoms with Gasteiger partial charge < -0.3 is 4.74 Å². The molecule has 0 radical (unpaired) electrons. The average Bonchev–Trinajstić information content (AvgIpc) is 2.62. The molecule has 3 aromatic carbocycles. The Morgan fingerprint density at radius 2 is 1.46 bits per heavy atom. The van der Waals surface area contributed by atoms with E-state index in [1.54, 1.807) is 0 Å². The molecule has 0 heterocycles. The van der Waals surface area contributed by atoms with Crippen molar-refractivity contribution in [1.82, 2.24) is 0 Å². The van der Waals surface area contributed by atoms with E-state index in [0.717, 1.165) is 23.1 Å². The van der Waals surface area contributed by atoms with Crippen LogP contribution in [-0.2, 0) is 17.8 Å². The molecular formula is C22H20O2. The maximum atomic E-state index is 12.5. The van der Waals surface area contributed by atoms with E-state index < -0.39 is 0 Å². The Balaban J connectivity index is 1.78. The highest BCUT2D eigenvalue weighted by Gasteiger charge is 2.13. The van der Waals surface area contributed by atoms with Crippen molar-refractivity contribution in [2.24, 2.45) is 0 Å². The summed E-state index contributed by atoms with van der Waals surface area (Å²) in [7, 11) is 0. The van der Waals surface area contributed by atoms with E-state index >= 15 is 0 Å². The fraction of sp³-hybridized carbons (Fsp3) is 0.136. The van der Waals surface area contributed by atoms with Gasteiger partial charge in [-0.15, -0.1) is 0 Å². The molecule has 24 heavy (non-hydrogen) atoms. The van der Waals surface area contributed by atoms with Crippen LogP contribution in [0.25, 0.3) is 0 Å². The summed E-state index contributed by atoms with van der Waals surface area (Å²) in [4.78, 5) is 12.5. The first-order valence-electron chi connectivity index (χ1n) is 8.07. The number of esters is 1. The molecule has 0 amide bonds. The molecule has 0 N–H and O–H groups in total. The molecule has 0 saturated heterocycles. The number of aryl methyl sites for hydroxylation is 1. The Labute approximate surface area is 142 Å². The van der Waals surface area contributed by atoms with Crippen molar-refractivity contribution in [1.29, 1.82) is 0 Å². The van der Waals surface area contributed by atoms with E-state index in [4.69, 9.17) is 4.74 Å². The lowest BCUT2D eigenvalue weighted by Gasteiger charge is -2.11. The average molecular weight is 316 g/mol.